The van der Waals surface area contributed by atoms with Gasteiger partial charge in [0.2, 0.25) is 0 Å². The van der Waals surface area contributed by atoms with Crippen LogP contribution < -0.4 is 5.56 Å². The highest BCUT2D eigenvalue weighted by Crippen LogP contribution is 2.17. The van der Waals surface area contributed by atoms with Gasteiger partial charge in [-0.2, -0.15) is 5.10 Å². The average Bonchev–Trinajstić information content (AvgIpc) is 2.63. The van der Waals surface area contributed by atoms with E-state index in [9.17, 15) is 14.0 Å². The van der Waals surface area contributed by atoms with E-state index < -0.39 is 0 Å². The van der Waals surface area contributed by atoms with E-state index in [0.29, 0.717) is 17.3 Å². The number of hydrogen-bond donors (Lipinski definition) is 0. The molecule has 0 aliphatic heterocycles. The molecule has 134 valence electrons. The number of fused-ring (bicyclic) bond motifs is 1. The second-order valence-electron chi connectivity index (χ2n) is 6.53. The quantitative estimate of drug-likeness (QED) is 0.722. The van der Waals surface area contributed by atoms with Crippen LogP contribution >= 0.6 is 0 Å². The van der Waals surface area contributed by atoms with Crippen molar-refractivity contribution in [1.82, 2.24) is 14.7 Å². The van der Waals surface area contributed by atoms with E-state index in [2.05, 4.69) is 5.10 Å². The zero-order valence-corrected chi connectivity index (χ0v) is 14.9. The van der Waals surface area contributed by atoms with Crippen LogP contribution in [0.15, 0.2) is 53.3 Å². The SMILES string of the molecule is CC(C)n1nc(C(=O)N(C)Cc2ccc(F)cc2)c2ccccc2c1=O. The summed E-state index contributed by atoms with van der Waals surface area (Å²) in [5, 5.41) is 5.33. The molecule has 0 spiro atoms. The molecule has 0 atom stereocenters. The molecule has 1 heterocycles. The van der Waals surface area contributed by atoms with Gasteiger partial charge in [0.05, 0.1) is 11.4 Å². The molecule has 0 saturated heterocycles. The van der Waals surface area contributed by atoms with Crippen molar-refractivity contribution in [2.45, 2.75) is 26.4 Å². The molecule has 0 unspecified atom stereocenters. The highest BCUT2D eigenvalue weighted by atomic mass is 19.1. The maximum absolute atomic E-state index is 13.1. The summed E-state index contributed by atoms with van der Waals surface area (Å²) >= 11 is 0. The zero-order valence-electron chi connectivity index (χ0n) is 14.9. The molecular weight excluding hydrogens is 333 g/mol. The molecule has 0 fully saturated rings. The second kappa shape index (κ2) is 7.07. The molecule has 2 aromatic carbocycles. The summed E-state index contributed by atoms with van der Waals surface area (Å²) in [6.45, 7) is 4.01. The van der Waals surface area contributed by atoms with Crippen LogP contribution in [0.5, 0.6) is 0 Å². The van der Waals surface area contributed by atoms with Crippen molar-refractivity contribution in [1.29, 1.82) is 0 Å². The zero-order chi connectivity index (χ0) is 18.8. The minimum Gasteiger partial charge on any atom is -0.336 e. The Balaban J connectivity index is 2.03. The molecule has 0 aliphatic carbocycles. The average molecular weight is 353 g/mol. The molecule has 5 nitrogen and oxygen atoms in total. The van der Waals surface area contributed by atoms with Gasteiger partial charge in [-0.1, -0.05) is 30.3 Å². The van der Waals surface area contributed by atoms with Gasteiger partial charge in [0.25, 0.3) is 11.5 Å². The minimum atomic E-state index is -0.320. The van der Waals surface area contributed by atoms with Gasteiger partial charge in [0.15, 0.2) is 5.69 Å². The Morgan fingerprint density at radius 2 is 1.73 bits per heavy atom. The number of benzene rings is 2. The molecule has 0 radical (unpaired) electrons. The number of rotatable bonds is 4. The van der Waals surface area contributed by atoms with Gasteiger partial charge >= 0.3 is 0 Å². The van der Waals surface area contributed by atoms with Gasteiger partial charge in [-0.25, -0.2) is 9.07 Å². The predicted octanol–water partition coefficient (Wildman–Crippen LogP) is 3.39. The third-order valence-electron chi connectivity index (χ3n) is 4.20. The Morgan fingerprint density at radius 1 is 1.12 bits per heavy atom. The van der Waals surface area contributed by atoms with E-state index in [0.717, 1.165) is 5.56 Å². The number of aromatic nitrogens is 2. The van der Waals surface area contributed by atoms with Crippen LogP contribution in [0, 0.1) is 5.82 Å². The van der Waals surface area contributed by atoms with Crippen molar-refractivity contribution in [3.63, 3.8) is 0 Å². The Bertz CT molecular complexity index is 1010. The van der Waals surface area contributed by atoms with E-state index >= 15 is 0 Å². The number of carbonyl (C=O) groups is 1. The first kappa shape index (κ1) is 17.8. The summed E-state index contributed by atoms with van der Waals surface area (Å²) in [7, 11) is 1.66. The van der Waals surface area contributed by atoms with Crippen molar-refractivity contribution in [3.05, 3.63) is 76.0 Å². The lowest BCUT2D eigenvalue weighted by Gasteiger charge is -2.19. The molecule has 1 aromatic heterocycles. The molecular formula is C20H20FN3O2. The minimum absolute atomic E-state index is 0.166. The van der Waals surface area contributed by atoms with Crippen molar-refractivity contribution in [3.8, 4) is 0 Å². The lowest BCUT2D eigenvalue weighted by atomic mass is 10.1. The summed E-state index contributed by atoms with van der Waals surface area (Å²) in [6, 6.07) is 12.8. The first-order valence-electron chi connectivity index (χ1n) is 8.40. The van der Waals surface area contributed by atoms with E-state index in [1.165, 1.54) is 21.7 Å². The van der Waals surface area contributed by atoms with E-state index in [-0.39, 0.29) is 29.0 Å². The maximum atomic E-state index is 13.1. The number of halogens is 1. The van der Waals surface area contributed by atoms with E-state index in [1.54, 1.807) is 43.4 Å². The molecule has 1 amide bonds. The Labute approximate surface area is 150 Å². The van der Waals surface area contributed by atoms with Crippen LogP contribution in [0.1, 0.15) is 35.9 Å². The van der Waals surface area contributed by atoms with Gasteiger partial charge in [-0.3, -0.25) is 9.59 Å². The van der Waals surface area contributed by atoms with Crippen molar-refractivity contribution in [2.75, 3.05) is 7.05 Å². The monoisotopic (exact) mass is 353 g/mol. The summed E-state index contributed by atoms with van der Waals surface area (Å²) < 4.78 is 14.4. The summed E-state index contributed by atoms with van der Waals surface area (Å²) in [6.07, 6.45) is 0. The van der Waals surface area contributed by atoms with Crippen LogP contribution in [-0.4, -0.2) is 27.6 Å². The lowest BCUT2D eigenvalue weighted by molar-refractivity contribution is 0.0778. The fraction of sp³-hybridized carbons (Fsp3) is 0.250. The van der Waals surface area contributed by atoms with Crippen LogP contribution in [0.3, 0.4) is 0 Å². The summed E-state index contributed by atoms with van der Waals surface area (Å²) in [5.41, 5.74) is 0.829. The number of hydrogen-bond acceptors (Lipinski definition) is 3. The Kier molecular flexibility index (Phi) is 4.84. The summed E-state index contributed by atoms with van der Waals surface area (Å²) in [4.78, 5) is 27.1. The van der Waals surface area contributed by atoms with E-state index in [4.69, 9.17) is 0 Å². The molecule has 3 aromatic rings. The van der Waals surface area contributed by atoms with Gasteiger partial charge < -0.3 is 4.90 Å². The number of carbonyl (C=O) groups excluding carboxylic acids is 1. The van der Waals surface area contributed by atoms with Gasteiger partial charge in [-0.15, -0.1) is 0 Å². The van der Waals surface area contributed by atoms with Crippen molar-refractivity contribution >= 4 is 16.7 Å². The molecule has 0 N–H and O–H groups in total. The largest absolute Gasteiger partial charge is 0.336 e. The fourth-order valence-electron chi connectivity index (χ4n) is 2.83. The smallest absolute Gasteiger partial charge is 0.274 e. The molecule has 0 aliphatic rings. The van der Waals surface area contributed by atoms with Crippen molar-refractivity contribution < 1.29 is 9.18 Å². The number of nitrogens with zero attached hydrogens (tertiary/aromatic N) is 3. The normalized spacial score (nSPS) is 11.1. The van der Waals surface area contributed by atoms with E-state index in [1.807, 2.05) is 13.8 Å². The van der Waals surface area contributed by atoms with Crippen LogP contribution in [-0.2, 0) is 6.54 Å². The number of amides is 1. The van der Waals surface area contributed by atoms with Crippen LogP contribution in [0.25, 0.3) is 10.8 Å². The topological polar surface area (TPSA) is 55.2 Å². The fourth-order valence-corrected chi connectivity index (χ4v) is 2.83. The third kappa shape index (κ3) is 3.35. The van der Waals surface area contributed by atoms with Gasteiger partial charge in [0.1, 0.15) is 5.82 Å². The van der Waals surface area contributed by atoms with Gasteiger partial charge in [0, 0.05) is 19.0 Å². The third-order valence-corrected chi connectivity index (χ3v) is 4.20. The molecule has 0 saturated carbocycles. The summed E-state index contributed by atoms with van der Waals surface area (Å²) in [5.74, 6) is -0.612. The second-order valence-corrected chi connectivity index (χ2v) is 6.53. The highest BCUT2D eigenvalue weighted by molar-refractivity contribution is 6.04. The molecule has 26 heavy (non-hydrogen) atoms. The maximum Gasteiger partial charge on any atom is 0.274 e. The van der Waals surface area contributed by atoms with Crippen molar-refractivity contribution in [2.24, 2.45) is 0 Å². The van der Waals surface area contributed by atoms with Gasteiger partial charge in [-0.05, 0) is 37.6 Å². The lowest BCUT2D eigenvalue weighted by Crippen LogP contribution is -2.32. The first-order chi connectivity index (χ1) is 12.4. The Hall–Kier alpha value is -3.02. The molecule has 3 rings (SSSR count). The standard InChI is InChI=1S/C20H20FN3O2/c1-13(2)24-19(25)17-7-5-4-6-16(17)18(22-24)20(26)23(3)12-14-8-10-15(21)11-9-14/h4-11,13H,12H2,1-3H3. The van der Waals surface area contributed by atoms with Crippen LogP contribution in [0.4, 0.5) is 4.39 Å². The molecule has 0 bridgehead atoms. The van der Waals surface area contributed by atoms with Crippen LogP contribution in [0.2, 0.25) is 0 Å². The first-order valence-corrected chi connectivity index (χ1v) is 8.40. The Morgan fingerprint density at radius 3 is 2.35 bits per heavy atom. The highest BCUT2D eigenvalue weighted by Gasteiger charge is 2.20. The predicted molar refractivity (Wildman–Crippen MR) is 98.6 cm³/mol. The molecule has 6 heteroatoms.